The molecule has 1 saturated heterocycles. The average Bonchev–Trinajstić information content (AvgIpc) is 2.66. The van der Waals surface area contributed by atoms with Gasteiger partial charge in [-0.3, -0.25) is 0 Å². The standard InChI is InChI=1S/C13H25NO3/c1-9(2)13(3,4)8-14-7-10-5-6-11(17-10)12(15)16/h9-11,14H,5-8H2,1-4H3,(H,15,16). The van der Waals surface area contributed by atoms with Gasteiger partial charge in [-0.1, -0.05) is 27.7 Å². The fourth-order valence-corrected chi connectivity index (χ4v) is 1.80. The van der Waals surface area contributed by atoms with Gasteiger partial charge in [-0.15, -0.1) is 0 Å². The second-order valence-electron chi connectivity index (χ2n) is 5.94. The first-order valence-electron chi connectivity index (χ1n) is 6.42. The zero-order chi connectivity index (χ0) is 13.1. The van der Waals surface area contributed by atoms with Crippen molar-refractivity contribution in [3.63, 3.8) is 0 Å². The molecule has 0 aliphatic carbocycles. The van der Waals surface area contributed by atoms with Crippen LogP contribution in [0.4, 0.5) is 0 Å². The SMILES string of the molecule is CC(C)C(C)(C)CNCC1CCC(C(=O)O)O1. The third-order valence-electron chi connectivity index (χ3n) is 3.90. The van der Waals surface area contributed by atoms with E-state index in [1.54, 1.807) is 0 Å². The Balaban J connectivity index is 2.23. The summed E-state index contributed by atoms with van der Waals surface area (Å²) in [5.41, 5.74) is 0.255. The maximum atomic E-state index is 10.7. The van der Waals surface area contributed by atoms with Crippen LogP contribution in [0.1, 0.15) is 40.5 Å². The van der Waals surface area contributed by atoms with E-state index in [2.05, 4.69) is 33.0 Å². The highest BCUT2D eigenvalue weighted by atomic mass is 16.5. The highest BCUT2D eigenvalue weighted by molar-refractivity contribution is 5.72. The van der Waals surface area contributed by atoms with Crippen LogP contribution in [0.2, 0.25) is 0 Å². The van der Waals surface area contributed by atoms with Crippen LogP contribution in [0.15, 0.2) is 0 Å². The summed E-state index contributed by atoms with van der Waals surface area (Å²) in [5, 5.41) is 12.2. The normalized spacial score (nSPS) is 25.5. The van der Waals surface area contributed by atoms with Crippen molar-refractivity contribution in [1.29, 1.82) is 0 Å². The number of ether oxygens (including phenoxy) is 1. The Morgan fingerprint density at radius 1 is 1.47 bits per heavy atom. The van der Waals surface area contributed by atoms with Crippen molar-refractivity contribution in [2.45, 2.75) is 52.7 Å². The molecule has 1 aliphatic rings. The van der Waals surface area contributed by atoms with Gasteiger partial charge in [-0.25, -0.2) is 4.79 Å². The molecule has 4 nitrogen and oxygen atoms in total. The van der Waals surface area contributed by atoms with Crippen molar-refractivity contribution < 1.29 is 14.6 Å². The maximum Gasteiger partial charge on any atom is 0.332 e. The molecule has 0 aromatic heterocycles. The second-order valence-corrected chi connectivity index (χ2v) is 5.94. The summed E-state index contributed by atoms with van der Waals surface area (Å²) in [7, 11) is 0. The van der Waals surface area contributed by atoms with E-state index in [1.807, 2.05) is 0 Å². The van der Waals surface area contributed by atoms with E-state index in [9.17, 15) is 4.79 Å². The first kappa shape index (κ1) is 14.5. The van der Waals surface area contributed by atoms with E-state index in [0.29, 0.717) is 12.3 Å². The molecule has 1 heterocycles. The van der Waals surface area contributed by atoms with Crippen LogP contribution in [0.25, 0.3) is 0 Å². The minimum absolute atomic E-state index is 0.0547. The van der Waals surface area contributed by atoms with Crippen LogP contribution in [-0.4, -0.2) is 36.4 Å². The largest absolute Gasteiger partial charge is 0.479 e. The zero-order valence-corrected chi connectivity index (χ0v) is 11.3. The summed E-state index contributed by atoms with van der Waals surface area (Å²) in [6.45, 7) is 10.6. The highest BCUT2D eigenvalue weighted by Gasteiger charge is 2.30. The first-order chi connectivity index (χ1) is 7.83. The molecule has 2 unspecified atom stereocenters. The molecule has 0 saturated carbocycles. The molecule has 2 N–H and O–H groups in total. The Bertz CT molecular complexity index is 263. The third-order valence-corrected chi connectivity index (χ3v) is 3.90. The molecule has 0 radical (unpaired) electrons. The Hall–Kier alpha value is -0.610. The van der Waals surface area contributed by atoms with Crippen molar-refractivity contribution in [1.82, 2.24) is 5.32 Å². The van der Waals surface area contributed by atoms with E-state index < -0.39 is 12.1 Å². The molecule has 1 rings (SSSR count). The fourth-order valence-electron chi connectivity index (χ4n) is 1.80. The van der Waals surface area contributed by atoms with Crippen molar-refractivity contribution in [3.05, 3.63) is 0 Å². The summed E-state index contributed by atoms with van der Waals surface area (Å²) in [6.07, 6.45) is 0.931. The van der Waals surface area contributed by atoms with E-state index in [0.717, 1.165) is 19.5 Å². The van der Waals surface area contributed by atoms with Crippen molar-refractivity contribution in [2.75, 3.05) is 13.1 Å². The first-order valence-corrected chi connectivity index (χ1v) is 6.42. The van der Waals surface area contributed by atoms with Crippen molar-refractivity contribution >= 4 is 5.97 Å². The Kier molecular flexibility index (Phi) is 4.95. The summed E-state index contributed by atoms with van der Waals surface area (Å²) >= 11 is 0. The minimum atomic E-state index is -0.838. The van der Waals surface area contributed by atoms with Gasteiger partial charge in [0.05, 0.1) is 6.10 Å². The molecule has 100 valence electrons. The number of carbonyl (C=O) groups is 1. The zero-order valence-electron chi connectivity index (χ0n) is 11.3. The monoisotopic (exact) mass is 243 g/mol. The number of hydrogen-bond acceptors (Lipinski definition) is 3. The van der Waals surface area contributed by atoms with Crippen LogP contribution < -0.4 is 5.32 Å². The van der Waals surface area contributed by atoms with E-state index in [-0.39, 0.29) is 11.5 Å². The lowest BCUT2D eigenvalue weighted by atomic mass is 9.81. The van der Waals surface area contributed by atoms with Crippen LogP contribution in [0.3, 0.4) is 0 Å². The van der Waals surface area contributed by atoms with Crippen LogP contribution in [-0.2, 0) is 9.53 Å². The summed E-state index contributed by atoms with van der Waals surface area (Å²) < 4.78 is 5.44. The van der Waals surface area contributed by atoms with Gasteiger partial charge in [-0.05, 0) is 24.2 Å². The van der Waals surface area contributed by atoms with Crippen LogP contribution >= 0.6 is 0 Å². The van der Waals surface area contributed by atoms with E-state index in [4.69, 9.17) is 9.84 Å². The van der Waals surface area contributed by atoms with Gasteiger partial charge in [0.1, 0.15) is 0 Å². The lowest BCUT2D eigenvalue weighted by Crippen LogP contribution is -2.37. The summed E-state index contributed by atoms with van der Waals surface area (Å²) in [6, 6.07) is 0. The van der Waals surface area contributed by atoms with Crippen molar-refractivity contribution in [3.8, 4) is 0 Å². The maximum absolute atomic E-state index is 10.7. The van der Waals surface area contributed by atoms with Gasteiger partial charge in [0, 0.05) is 13.1 Å². The Morgan fingerprint density at radius 3 is 2.59 bits per heavy atom. The van der Waals surface area contributed by atoms with Gasteiger partial charge in [0.2, 0.25) is 0 Å². The summed E-state index contributed by atoms with van der Waals surface area (Å²) in [5.74, 6) is -0.221. The number of aliphatic carboxylic acids is 1. The number of carboxylic acids is 1. The molecule has 4 heteroatoms. The Morgan fingerprint density at radius 2 is 2.12 bits per heavy atom. The molecule has 1 aliphatic heterocycles. The number of hydrogen-bond donors (Lipinski definition) is 2. The molecule has 17 heavy (non-hydrogen) atoms. The van der Waals surface area contributed by atoms with E-state index in [1.165, 1.54) is 0 Å². The predicted molar refractivity (Wildman–Crippen MR) is 67.0 cm³/mol. The molecule has 0 bridgehead atoms. The van der Waals surface area contributed by atoms with E-state index >= 15 is 0 Å². The number of carboxylic acid groups (broad SMARTS) is 1. The lowest BCUT2D eigenvalue weighted by Gasteiger charge is -2.30. The summed E-state index contributed by atoms with van der Waals surface area (Å²) in [4.78, 5) is 10.7. The lowest BCUT2D eigenvalue weighted by molar-refractivity contribution is -0.149. The molecular weight excluding hydrogens is 218 g/mol. The molecule has 0 aromatic carbocycles. The molecular formula is C13H25NO3. The molecule has 0 spiro atoms. The molecule has 0 amide bonds. The van der Waals surface area contributed by atoms with Gasteiger partial charge >= 0.3 is 5.97 Å². The molecule has 1 fully saturated rings. The smallest absolute Gasteiger partial charge is 0.332 e. The molecule has 0 aromatic rings. The topological polar surface area (TPSA) is 58.6 Å². The fraction of sp³-hybridized carbons (Fsp3) is 0.923. The number of nitrogens with one attached hydrogen (secondary N) is 1. The Labute approximate surface area is 104 Å². The van der Waals surface area contributed by atoms with Gasteiger partial charge < -0.3 is 15.2 Å². The van der Waals surface area contributed by atoms with Gasteiger partial charge in [-0.2, -0.15) is 0 Å². The third kappa shape index (κ3) is 4.28. The molecule has 2 atom stereocenters. The average molecular weight is 243 g/mol. The van der Waals surface area contributed by atoms with Crippen LogP contribution in [0.5, 0.6) is 0 Å². The quantitative estimate of drug-likeness (QED) is 0.748. The minimum Gasteiger partial charge on any atom is -0.479 e. The second kappa shape index (κ2) is 5.83. The van der Waals surface area contributed by atoms with Crippen molar-refractivity contribution in [2.24, 2.45) is 11.3 Å². The van der Waals surface area contributed by atoms with Crippen LogP contribution in [0, 0.1) is 11.3 Å². The number of rotatable bonds is 6. The predicted octanol–water partition coefficient (Wildman–Crippen LogP) is 1.89. The van der Waals surface area contributed by atoms with Gasteiger partial charge in [0.25, 0.3) is 0 Å². The highest BCUT2D eigenvalue weighted by Crippen LogP contribution is 2.25. The van der Waals surface area contributed by atoms with Gasteiger partial charge in [0.15, 0.2) is 6.10 Å².